The summed E-state index contributed by atoms with van der Waals surface area (Å²) >= 11 is 0. The third-order valence-corrected chi connectivity index (χ3v) is 4.23. The predicted octanol–water partition coefficient (Wildman–Crippen LogP) is 3.50. The summed E-state index contributed by atoms with van der Waals surface area (Å²) in [6.45, 7) is 0. The van der Waals surface area contributed by atoms with Gasteiger partial charge in [-0.3, -0.25) is 4.79 Å². The van der Waals surface area contributed by atoms with Crippen LogP contribution < -0.4 is 10.1 Å². The van der Waals surface area contributed by atoms with Gasteiger partial charge in [-0.2, -0.15) is 0 Å². The maximum Gasteiger partial charge on any atom is 0.354 e. The highest BCUT2D eigenvalue weighted by Crippen LogP contribution is 2.31. The van der Waals surface area contributed by atoms with Crippen LogP contribution in [-0.4, -0.2) is 31.2 Å². The number of hydrogen-bond acceptors (Lipinski definition) is 5. The van der Waals surface area contributed by atoms with Gasteiger partial charge in [0.1, 0.15) is 17.2 Å². The number of aromatic hydroxyl groups is 1. The number of methoxy groups -OCH3 is 2. The van der Waals surface area contributed by atoms with E-state index in [1.54, 1.807) is 55.6 Å². The molecule has 142 valence electrons. The second kappa shape index (κ2) is 8.26. The Kier molecular flexibility index (Phi) is 5.60. The third-order valence-electron chi connectivity index (χ3n) is 4.23. The van der Waals surface area contributed by atoms with Crippen molar-refractivity contribution in [3.8, 4) is 11.5 Å². The number of amides is 1. The minimum Gasteiger partial charge on any atom is -0.507 e. The lowest BCUT2D eigenvalue weighted by Crippen LogP contribution is -2.28. The van der Waals surface area contributed by atoms with Crippen LogP contribution in [0, 0.1) is 0 Å². The van der Waals surface area contributed by atoms with Crippen LogP contribution in [0.15, 0.2) is 66.4 Å². The SMILES string of the molecule is COC(=O)/C(=C\c1c(O)ccc2ccc(OC)cc12)NC(=O)c1ccccc1. The summed E-state index contributed by atoms with van der Waals surface area (Å²) < 4.78 is 10.0. The molecule has 0 saturated heterocycles. The molecule has 3 aromatic carbocycles. The Morgan fingerprint density at radius 2 is 1.71 bits per heavy atom. The van der Waals surface area contributed by atoms with Gasteiger partial charge >= 0.3 is 5.97 Å². The van der Waals surface area contributed by atoms with E-state index in [0.29, 0.717) is 22.3 Å². The molecule has 0 aliphatic heterocycles. The lowest BCUT2D eigenvalue weighted by Gasteiger charge is -2.11. The van der Waals surface area contributed by atoms with E-state index >= 15 is 0 Å². The van der Waals surface area contributed by atoms with Crippen molar-refractivity contribution < 1.29 is 24.2 Å². The summed E-state index contributed by atoms with van der Waals surface area (Å²) in [5.41, 5.74) is 0.660. The zero-order valence-electron chi connectivity index (χ0n) is 15.4. The molecule has 28 heavy (non-hydrogen) atoms. The Balaban J connectivity index is 2.09. The molecule has 0 aromatic heterocycles. The molecule has 6 nitrogen and oxygen atoms in total. The van der Waals surface area contributed by atoms with E-state index in [1.165, 1.54) is 19.3 Å². The first-order valence-electron chi connectivity index (χ1n) is 8.49. The van der Waals surface area contributed by atoms with Gasteiger partial charge in [0.25, 0.3) is 5.91 Å². The Bertz CT molecular complexity index is 1060. The van der Waals surface area contributed by atoms with Crippen LogP contribution in [0.25, 0.3) is 16.8 Å². The number of esters is 1. The molecule has 0 aliphatic carbocycles. The van der Waals surface area contributed by atoms with Crippen molar-refractivity contribution in [1.29, 1.82) is 0 Å². The first kappa shape index (κ1) is 19.0. The fourth-order valence-electron chi connectivity index (χ4n) is 2.77. The summed E-state index contributed by atoms with van der Waals surface area (Å²) in [5, 5.41) is 14.4. The van der Waals surface area contributed by atoms with Gasteiger partial charge in [0.15, 0.2) is 0 Å². The lowest BCUT2D eigenvalue weighted by atomic mass is 10.0. The average Bonchev–Trinajstić information content (AvgIpc) is 2.74. The topological polar surface area (TPSA) is 84.9 Å². The van der Waals surface area contributed by atoms with E-state index in [0.717, 1.165) is 5.39 Å². The zero-order valence-corrected chi connectivity index (χ0v) is 15.4. The highest BCUT2D eigenvalue weighted by Gasteiger charge is 2.17. The van der Waals surface area contributed by atoms with E-state index in [-0.39, 0.29) is 11.4 Å². The fourth-order valence-corrected chi connectivity index (χ4v) is 2.77. The minimum atomic E-state index is -0.733. The fraction of sp³-hybridized carbons (Fsp3) is 0.0909. The van der Waals surface area contributed by atoms with E-state index in [9.17, 15) is 14.7 Å². The Morgan fingerprint density at radius 1 is 1.00 bits per heavy atom. The predicted molar refractivity (Wildman–Crippen MR) is 106 cm³/mol. The van der Waals surface area contributed by atoms with Gasteiger partial charge in [0.05, 0.1) is 14.2 Å². The second-order valence-corrected chi connectivity index (χ2v) is 5.96. The molecule has 0 aliphatic rings. The number of benzene rings is 3. The molecular formula is C22H19NO5. The molecule has 0 radical (unpaired) electrons. The van der Waals surface area contributed by atoms with Crippen molar-refractivity contribution in [2.24, 2.45) is 0 Å². The van der Waals surface area contributed by atoms with E-state index < -0.39 is 11.9 Å². The number of phenolic OH excluding ortho intramolecular Hbond substituents is 1. The second-order valence-electron chi connectivity index (χ2n) is 5.96. The van der Waals surface area contributed by atoms with Crippen LogP contribution in [0.3, 0.4) is 0 Å². The minimum absolute atomic E-state index is 0.0453. The normalized spacial score (nSPS) is 11.1. The zero-order chi connectivity index (χ0) is 20.1. The summed E-state index contributed by atoms with van der Waals surface area (Å²) in [7, 11) is 2.76. The molecule has 0 atom stereocenters. The van der Waals surface area contributed by atoms with Gasteiger partial charge in [-0.25, -0.2) is 4.79 Å². The molecule has 1 amide bonds. The number of phenols is 1. The summed E-state index contributed by atoms with van der Waals surface area (Å²) in [6.07, 6.45) is 1.39. The number of rotatable bonds is 5. The molecule has 0 saturated carbocycles. The first-order chi connectivity index (χ1) is 13.5. The van der Waals surface area contributed by atoms with Gasteiger partial charge in [-0.15, -0.1) is 0 Å². The standard InChI is InChI=1S/C22H19NO5/c1-27-16-10-8-14-9-11-20(24)18(17(14)12-16)13-19(22(26)28-2)23-21(25)15-6-4-3-5-7-15/h3-13,24H,1-2H3,(H,23,25)/b19-13+. The number of hydrogen-bond donors (Lipinski definition) is 2. The van der Waals surface area contributed by atoms with E-state index in [4.69, 9.17) is 9.47 Å². The lowest BCUT2D eigenvalue weighted by molar-refractivity contribution is -0.136. The molecule has 3 rings (SSSR count). The maximum atomic E-state index is 12.5. The van der Waals surface area contributed by atoms with E-state index in [2.05, 4.69) is 5.32 Å². The summed E-state index contributed by atoms with van der Waals surface area (Å²) in [4.78, 5) is 24.7. The monoisotopic (exact) mass is 377 g/mol. The molecule has 0 unspecified atom stereocenters. The van der Waals surface area contributed by atoms with Crippen LogP contribution in [0.2, 0.25) is 0 Å². The first-order valence-corrected chi connectivity index (χ1v) is 8.49. The van der Waals surface area contributed by atoms with Crippen LogP contribution in [0.4, 0.5) is 0 Å². The molecule has 3 aromatic rings. The quantitative estimate of drug-likeness (QED) is 0.525. The van der Waals surface area contributed by atoms with Crippen LogP contribution in [0.1, 0.15) is 15.9 Å². The van der Waals surface area contributed by atoms with Crippen molar-refractivity contribution in [2.75, 3.05) is 14.2 Å². The Hall–Kier alpha value is -3.80. The molecular weight excluding hydrogens is 358 g/mol. The van der Waals surface area contributed by atoms with Crippen molar-refractivity contribution in [1.82, 2.24) is 5.32 Å². The smallest absolute Gasteiger partial charge is 0.354 e. The number of ether oxygens (including phenoxy) is 2. The molecule has 2 N–H and O–H groups in total. The van der Waals surface area contributed by atoms with Gasteiger partial charge in [-0.05, 0) is 47.2 Å². The average molecular weight is 377 g/mol. The Labute approximate surface area is 162 Å². The highest BCUT2D eigenvalue weighted by molar-refractivity contribution is 6.05. The number of carbonyl (C=O) groups excluding carboxylic acids is 2. The van der Waals surface area contributed by atoms with Crippen LogP contribution >= 0.6 is 0 Å². The molecule has 0 spiro atoms. The van der Waals surface area contributed by atoms with E-state index in [1.807, 2.05) is 6.07 Å². The van der Waals surface area contributed by atoms with Gasteiger partial charge in [-0.1, -0.05) is 30.3 Å². The largest absolute Gasteiger partial charge is 0.507 e. The Morgan fingerprint density at radius 3 is 2.39 bits per heavy atom. The number of nitrogens with one attached hydrogen (secondary N) is 1. The van der Waals surface area contributed by atoms with Crippen LogP contribution in [0.5, 0.6) is 11.5 Å². The highest BCUT2D eigenvalue weighted by atomic mass is 16.5. The van der Waals surface area contributed by atoms with Gasteiger partial charge in [0, 0.05) is 11.1 Å². The molecule has 6 heteroatoms. The summed E-state index contributed by atoms with van der Waals surface area (Å²) in [6, 6.07) is 17.1. The summed E-state index contributed by atoms with van der Waals surface area (Å²) in [5.74, 6) is -0.644. The van der Waals surface area contributed by atoms with Crippen molar-refractivity contribution in [3.05, 3.63) is 77.5 Å². The number of fused-ring (bicyclic) bond motifs is 1. The van der Waals surface area contributed by atoms with Crippen molar-refractivity contribution >= 4 is 28.7 Å². The maximum absolute atomic E-state index is 12.5. The number of carbonyl (C=O) groups is 2. The molecule has 0 fully saturated rings. The third kappa shape index (κ3) is 3.96. The molecule has 0 heterocycles. The van der Waals surface area contributed by atoms with Crippen molar-refractivity contribution in [2.45, 2.75) is 0 Å². The van der Waals surface area contributed by atoms with Gasteiger partial charge in [0.2, 0.25) is 0 Å². The van der Waals surface area contributed by atoms with Gasteiger partial charge < -0.3 is 19.9 Å². The van der Waals surface area contributed by atoms with Crippen LogP contribution in [-0.2, 0) is 9.53 Å². The van der Waals surface area contributed by atoms with Crippen molar-refractivity contribution in [3.63, 3.8) is 0 Å². The molecule has 0 bridgehead atoms.